The lowest BCUT2D eigenvalue weighted by molar-refractivity contribution is -0.134. The van der Waals surface area contributed by atoms with E-state index in [1.807, 2.05) is 49.1 Å². The summed E-state index contributed by atoms with van der Waals surface area (Å²) in [6, 6.07) is 9.86. The highest BCUT2D eigenvalue weighted by Crippen LogP contribution is 2.36. The van der Waals surface area contributed by atoms with Crippen molar-refractivity contribution < 1.29 is 14.3 Å². The van der Waals surface area contributed by atoms with Gasteiger partial charge in [-0.1, -0.05) is 13.0 Å². The normalized spacial score (nSPS) is 18.4. The molecule has 0 unspecified atom stereocenters. The first-order valence-corrected chi connectivity index (χ1v) is 9.84. The van der Waals surface area contributed by atoms with Crippen LogP contribution in [0.5, 0.6) is 5.75 Å². The zero-order valence-corrected chi connectivity index (χ0v) is 16.3. The van der Waals surface area contributed by atoms with E-state index in [9.17, 15) is 9.59 Å². The Balaban J connectivity index is 1.58. The predicted molar refractivity (Wildman–Crippen MR) is 106 cm³/mol. The smallest absolute Gasteiger partial charge is 0.268 e. The van der Waals surface area contributed by atoms with Crippen molar-refractivity contribution in [2.45, 2.75) is 51.8 Å². The molecule has 0 saturated heterocycles. The third-order valence-electron chi connectivity index (χ3n) is 5.29. The molecule has 6 nitrogen and oxygen atoms in total. The van der Waals surface area contributed by atoms with Gasteiger partial charge in [0.1, 0.15) is 12.3 Å². The van der Waals surface area contributed by atoms with Gasteiger partial charge in [0, 0.05) is 25.0 Å². The van der Waals surface area contributed by atoms with Crippen LogP contribution in [0.3, 0.4) is 0 Å². The van der Waals surface area contributed by atoms with E-state index in [-0.39, 0.29) is 24.4 Å². The number of anilines is 1. The number of hydrogen-bond acceptors (Lipinski definition) is 4. The molecule has 1 aliphatic carbocycles. The average molecular weight is 379 g/mol. The van der Waals surface area contributed by atoms with Crippen LogP contribution in [-0.4, -0.2) is 40.4 Å². The molecule has 1 fully saturated rings. The zero-order chi connectivity index (χ0) is 19.7. The van der Waals surface area contributed by atoms with Crippen molar-refractivity contribution >= 4 is 17.5 Å². The van der Waals surface area contributed by atoms with Gasteiger partial charge in [-0.15, -0.1) is 0 Å². The molecule has 0 spiro atoms. The minimum Gasteiger partial charge on any atom is -0.478 e. The summed E-state index contributed by atoms with van der Waals surface area (Å²) < 4.78 is 5.85. The summed E-state index contributed by atoms with van der Waals surface area (Å²) in [6.45, 7) is 4.47. The molecule has 1 aromatic heterocycles. The number of carbonyl (C=O) groups is 2. The zero-order valence-electron chi connectivity index (χ0n) is 16.3. The summed E-state index contributed by atoms with van der Waals surface area (Å²) in [5, 5.41) is 0. The maximum absolute atomic E-state index is 13.2. The van der Waals surface area contributed by atoms with Gasteiger partial charge in [-0.2, -0.15) is 0 Å². The number of aromatic nitrogens is 1. The van der Waals surface area contributed by atoms with E-state index >= 15 is 0 Å². The molecule has 1 aromatic carbocycles. The van der Waals surface area contributed by atoms with Crippen LogP contribution < -0.4 is 9.64 Å². The van der Waals surface area contributed by atoms with Crippen molar-refractivity contribution in [2.75, 3.05) is 11.4 Å². The van der Waals surface area contributed by atoms with Crippen LogP contribution in [-0.2, 0) is 16.1 Å². The molecule has 0 bridgehead atoms. The van der Waals surface area contributed by atoms with Crippen molar-refractivity contribution in [2.24, 2.45) is 0 Å². The van der Waals surface area contributed by atoms with E-state index in [1.54, 1.807) is 17.3 Å². The quantitative estimate of drug-likeness (QED) is 0.774. The number of benzene rings is 1. The molecule has 28 heavy (non-hydrogen) atoms. The molecule has 0 N–H and O–H groups in total. The number of carbonyl (C=O) groups excluding carboxylic acids is 2. The lowest BCUT2D eigenvalue weighted by Crippen LogP contribution is -2.50. The number of aryl methyl sites for hydroxylation is 1. The van der Waals surface area contributed by atoms with Gasteiger partial charge in [0.25, 0.3) is 5.91 Å². The van der Waals surface area contributed by atoms with Crippen molar-refractivity contribution in [3.63, 3.8) is 0 Å². The van der Waals surface area contributed by atoms with Gasteiger partial charge in [0.15, 0.2) is 6.10 Å². The van der Waals surface area contributed by atoms with Crippen LogP contribution in [0.15, 0.2) is 42.7 Å². The Morgan fingerprint density at radius 1 is 1.25 bits per heavy atom. The number of pyridine rings is 1. The second kappa shape index (κ2) is 7.62. The van der Waals surface area contributed by atoms with Crippen molar-refractivity contribution in [3.8, 4) is 5.75 Å². The summed E-state index contributed by atoms with van der Waals surface area (Å²) >= 11 is 0. The molecule has 146 valence electrons. The molecule has 2 amide bonds. The highest BCUT2D eigenvalue weighted by atomic mass is 16.5. The lowest BCUT2D eigenvalue weighted by Gasteiger charge is -2.35. The largest absolute Gasteiger partial charge is 0.478 e. The predicted octanol–water partition coefficient (Wildman–Crippen LogP) is 3.09. The fraction of sp³-hybridized carbons (Fsp3) is 0.409. The lowest BCUT2D eigenvalue weighted by atomic mass is 10.1. The number of nitrogens with zero attached hydrogens (tertiary/aromatic N) is 3. The Hall–Kier alpha value is -2.89. The molecule has 1 saturated carbocycles. The van der Waals surface area contributed by atoms with Gasteiger partial charge in [0.2, 0.25) is 5.91 Å². The van der Waals surface area contributed by atoms with Gasteiger partial charge in [-0.3, -0.25) is 19.5 Å². The van der Waals surface area contributed by atoms with Crippen molar-refractivity contribution in [3.05, 3.63) is 53.9 Å². The molecule has 0 radical (unpaired) electrons. The van der Waals surface area contributed by atoms with Gasteiger partial charge >= 0.3 is 0 Å². The van der Waals surface area contributed by atoms with E-state index in [0.717, 1.165) is 24.0 Å². The minimum absolute atomic E-state index is 0.0307. The summed E-state index contributed by atoms with van der Waals surface area (Å²) in [5.74, 6) is 0.488. The number of hydrogen-bond donors (Lipinski definition) is 0. The van der Waals surface area contributed by atoms with Crippen LogP contribution in [0.2, 0.25) is 0 Å². The number of fused-ring (bicyclic) bond motifs is 1. The maximum atomic E-state index is 13.2. The average Bonchev–Trinajstić information content (AvgIpc) is 3.54. The van der Waals surface area contributed by atoms with Crippen molar-refractivity contribution in [1.29, 1.82) is 0 Å². The van der Waals surface area contributed by atoms with E-state index < -0.39 is 6.10 Å². The number of amides is 2. The van der Waals surface area contributed by atoms with E-state index in [4.69, 9.17) is 4.74 Å². The monoisotopic (exact) mass is 379 g/mol. The minimum atomic E-state index is -0.544. The molecular formula is C22H25N3O3. The second-order valence-corrected chi connectivity index (χ2v) is 7.52. The first-order valence-electron chi connectivity index (χ1n) is 9.84. The summed E-state index contributed by atoms with van der Waals surface area (Å²) in [5.41, 5.74) is 2.76. The Labute approximate surface area is 165 Å². The Bertz CT molecular complexity index is 880. The third-order valence-corrected chi connectivity index (χ3v) is 5.29. The van der Waals surface area contributed by atoms with Crippen LogP contribution in [0.1, 0.15) is 37.3 Å². The topological polar surface area (TPSA) is 62.7 Å². The Morgan fingerprint density at radius 3 is 2.68 bits per heavy atom. The second-order valence-electron chi connectivity index (χ2n) is 7.52. The first kappa shape index (κ1) is 18.5. The molecule has 4 rings (SSSR count). The third kappa shape index (κ3) is 3.72. The molecule has 6 heteroatoms. The van der Waals surface area contributed by atoms with Gasteiger partial charge in [-0.25, -0.2) is 0 Å². The summed E-state index contributed by atoms with van der Waals surface area (Å²) in [6.07, 6.45) is 5.53. The van der Waals surface area contributed by atoms with Gasteiger partial charge < -0.3 is 9.64 Å². The molecule has 1 atom stereocenters. The SMILES string of the molecule is CC[C@H]1Oc2ccc(C)cc2N(CC(=O)N(Cc2ccncc2)C2CC2)C1=O. The van der Waals surface area contributed by atoms with Crippen LogP contribution in [0.25, 0.3) is 0 Å². The first-order chi connectivity index (χ1) is 13.6. The summed E-state index contributed by atoms with van der Waals surface area (Å²) in [7, 11) is 0. The van der Waals surface area contributed by atoms with Crippen LogP contribution in [0.4, 0.5) is 5.69 Å². The van der Waals surface area contributed by atoms with E-state index in [2.05, 4.69) is 4.98 Å². The molecule has 2 aliphatic rings. The number of rotatable bonds is 6. The van der Waals surface area contributed by atoms with Gasteiger partial charge in [0.05, 0.1) is 5.69 Å². The van der Waals surface area contributed by atoms with Crippen molar-refractivity contribution in [1.82, 2.24) is 9.88 Å². The molecule has 2 aromatic rings. The van der Waals surface area contributed by atoms with Gasteiger partial charge in [-0.05, 0) is 61.6 Å². The van der Waals surface area contributed by atoms with Crippen LogP contribution >= 0.6 is 0 Å². The maximum Gasteiger partial charge on any atom is 0.268 e. The molecular weight excluding hydrogens is 354 g/mol. The molecule has 2 heterocycles. The van der Waals surface area contributed by atoms with E-state index in [0.29, 0.717) is 24.4 Å². The highest BCUT2D eigenvalue weighted by molar-refractivity contribution is 6.04. The highest BCUT2D eigenvalue weighted by Gasteiger charge is 2.38. The number of ether oxygens (including phenoxy) is 1. The fourth-order valence-corrected chi connectivity index (χ4v) is 3.57. The standard InChI is InChI=1S/C22H25N3O3/c1-3-19-22(27)25(18-12-15(2)4-7-20(18)28-19)14-21(26)24(17-5-6-17)13-16-8-10-23-11-9-16/h4,7-12,17,19H,3,5-6,13-14H2,1-2H3/t19-/m1/s1. The summed E-state index contributed by atoms with van der Waals surface area (Å²) in [4.78, 5) is 33.7. The van der Waals surface area contributed by atoms with E-state index in [1.165, 1.54) is 0 Å². The Kier molecular flexibility index (Phi) is 5.03. The molecule has 1 aliphatic heterocycles. The Morgan fingerprint density at radius 2 is 2.00 bits per heavy atom. The fourth-order valence-electron chi connectivity index (χ4n) is 3.57. The van der Waals surface area contributed by atoms with Crippen LogP contribution in [0, 0.1) is 6.92 Å².